The molecule has 0 aromatic carbocycles. The molecule has 0 aliphatic carbocycles. The van der Waals surface area contributed by atoms with E-state index < -0.39 is 0 Å². The largest absolute Gasteiger partial charge is 0.354 e. The van der Waals surface area contributed by atoms with Crippen LogP contribution in [-0.4, -0.2) is 44.0 Å². The second-order valence-corrected chi connectivity index (χ2v) is 4.75. The lowest BCUT2D eigenvalue weighted by Gasteiger charge is -2.22. The van der Waals surface area contributed by atoms with Gasteiger partial charge in [-0.1, -0.05) is 0 Å². The minimum absolute atomic E-state index is 0.0150. The fourth-order valence-corrected chi connectivity index (χ4v) is 2.11. The molecule has 104 valence electrons. The normalized spacial score (nSPS) is 18.9. The summed E-state index contributed by atoms with van der Waals surface area (Å²) in [5, 5.41) is 9.67. The lowest BCUT2D eigenvalue weighted by atomic mass is 10.1. The summed E-state index contributed by atoms with van der Waals surface area (Å²) in [5.74, 6) is 0.146. The van der Waals surface area contributed by atoms with E-state index in [1.165, 1.54) is 4.52 Å². The van der Waals surface area contributed by atoms with E-state index in [9.17, 15) is 9.59 Å². The number of nitrogens with zero attached hydrogens (tertiary/aromatic N) is 4. The molecule has 1 saturated heterocycles. The predicted molar refractivity (Wildman–Crippen MR) is 69.0 cm³/mol. The maximum Gasteiger partial charge on any atom is 0.291 e. The van der Waals surface area contributed by atoms with E-state index in [2.05, 4.69) is 25.7 Å². The maximum atomic E-state index is 12.1. The van der Waals surface area contributed by atoms with E-state index in [1.54, 1.807) is 12.3 Å². The Labute approximate surface area is 114 Å². The summed E-state index contributed by atoms with van der Waals surface area (Å²) < 4.78 is 1.53. The van der Waals surface area contributed by atoms with Crippen LogP contribution in [0.15, 0.2) is 12.3 Å². The van der Waals surface area contributed by atoms with Gasteiger partial charge in [0.25, 0.3) is 11.7 Å². The first kappa shape index (κ1) is 12.5. The molecule has 0 radical (unpaired) electrons. The van der Waals surface area contributed by atoms with Gasteiger partial charge in [0, 0.05) is 30.9 Å². The number of amides is 2. The average molecular weight is 274 g/mol. The molecule has 1 aliphatic rings. The minimum Gasteiger partial charge on any atom is -0.354 e. The van der Waals surface area contributed by atoms with Crippen LogP contribution >= 0.6 is 0 Å². The maximum absolute atomic E-state index is 12.1. The Balaban J connectivity index is 1.75. The highest BCUT2D eigenvalue weighted by atomic mass is 16.2. The number of carbonyl (C=O) groups excluding carboxylic acids is 2. The Kier molecular flexibility index (Phi) is 3.05. The third-order valence-electron chi connectivity index (χ3n) is 3.23. The first-order chi connectivity index (χ1) is 9.63. The second kappa shape index (κ2) is 4.87. The van der Waals surface area contributed by atoms with Crippen LogP contribution in [0.1, 0.15) is 29.2 Å². The Morgan fingerprint density at radius 2 is 2.40 bits per heavy atom. The molecule has 8 nitrogen and oxygen atoms in total. The molecule has 3 rings (SSSR count). The molecule has 2 amide bonds. The van der Waals surface area contributed by atoms with Crippen LogP contribution in [-0.2, 0) is 4.79 Å². The zero-order valence-electron chi connectivity index (χ0n) is 11.0. The number of nitrogens with one attached hydrogen (secondary N) is 2. The van der Waals surface area contributed by atoms with E-state index in [4.69, 9.17) is 0 Å². The van der Waals surface area contributed by atoms with Gasteiger partial charge in [-0.2, -0.15) is 4.98 Å². The summed E-state index contributed by atoms with van der Waals surface area (Å²) in [6.07, 6.45) is 2.67. The lowest BCUT2D eigenvalue weighted by molar-refractivity contribution is -0.122. The van der Waals surface area contributed by atoms with Crippen LogP contribution in [0.3, 0.4) is 0 Å². The standard InChI is InChI=1S/C12H14N6O2/c1-7-4-5-13-12-16-10(17-18(7)12)11(20)15-8-2-3-9(19)14-6-8/h4-5,8H,2-3,6H2,1H3,(H,14,19)(H,15,20). The third-order valence-corrected chi connectivity index (χ3v) is 3.23. The third kappa shape index (κ3) is 2.31. The quantitative estimate of drug-likeness (QED) is 0.764. The summed E-state index contributed by atoms with van der Waals surface area (Å²) in [7, 11) is 0. The van der Waals surface area contributed by atoms with Crippen molar-refractivity contribution in [1.82, 2.24) is 30.2 Å². The van der Waals surface area contributed by atoms with Gasteiger partial charge in [0.2, 0.25) is 11.7 Å². The summed E-state index contributed by atoms with van der Waals surface area (Å²) in [5.41, 5.74) is 0.853. The SMILES string of the molecule is Cc1ccnc2nc(C(=O)NC3CCC(=O)NC3)nn12. The molecule has 20 heavy (non-hydrogen) atoms. The number of hydrogen-bond donors (Lipinski definition) is 2. The average Bonchev–Trinajstić information content (AvgIpc) is 2.87. The Morgan fingerprint density at radius 3 is 3.10 bits per heavy atom. The van der Waals surface area contributed by atoms with Gasteiger partial charge in [-0.05, 0) is 19.4 Å². The van der Waals surface area contributed by atoms with Crippen LogP contribution in [0.4, 0.5) is 0 Å². The molecule has 1 aliphatic heterocycles. The molecule has 3 heterocycles. The molecule has 1 fully saturated rings. The van der Waals surface area contributed by atoms with Crippen LogP contribution < -0.4 is 10.6 Å². The summed E-state index contributed by atoms with van der Waals surface area (Å²) in [6, 6.07) is 1.71. The van der Waals surface area contributed by atoms with Gasteiger partial charge in [0.1, 0.15) is 0 Å². The van der Waals surface area contributed by atoms with Gasteiger partial charge >= 0.3 is 0 Å². The molecule has 2 aromatic heterocycles. The molecule has 2 aromatic rings. The molecule has 0 saturated carbocycles. The van der Waals surface area contributed by atoms with Crippen molar-refractivity contribution in [3.8, 4) is 0 Å². The summed E-state index contributed by atoms with van der Waals surface area (Å²) >= 11 is 0. The van der Waals surface area contributed by atoms with Crippen molar-refractivity contribution in [1.29, 1.82) is 0 Å². The van der Waals surface area contributed by atoms with Crippen LogP contribution in [0.2, 0.25) is 0 Å². The van der Waals surface area contributed by atoms with Gasteiger partial charge in [-0.15, -0.1) is 5.10 Å². The van der Waals surface area contributed by atoms with Crippen molar-refractivity contribution in [2.45, 2.75) is 25.8 Å². The molecule has 0 bridgehead atoms. The number of carbonyl (C=O) groups is 2. The van der Waals surface area contributed by atoms with Crippen LogP contribution in [0.25, 0.3) is 5.78 Å². The Bertz CT molecular complexity index is 670. The molecule has 8 heteroatoms. The zero-order chi connectivity index (χ0) is 14.1. The predicted octanol–water partition coefficient (Wildman–Crippen LogP) is -0.559. The molecule has 1 atom stereocenters. The Hall–Kier alpha value is -2.51. The van der Waals surface area contributed by atoms with Crippen molar-refractivity contribution >= 4 is 17.6 Å². The fourth-order valence-electron chi connectivity index (χ4n) is 2.11. The number of rotatable bonds is 2. The van der Waals surface area contributed by atoms with Gasteiger partial charge in [0.05, 0.1) is 0 Å². The first-order valence-corrected chi connectivity index (χ1v) is 6.39. The highest BCUT2D eigenvalue weighted by Gasteiger charge is 2.22. The van der Waals surface area contributed by atoms with Crippen molar-refractivity contribution in [3.63, 3.8) is 0 Å². The highest BCUT2D eigenvalue weighted by Crippen LogP contribution is 2.05. The van der Waals surface area contributed by atoms with Gasteiger partial charge in [0.15, 0.2) is 0 Å². The number of aryl methyl sites for hydroxylation is 1. The zero-order valence-corrected chi connectivity index (χ0v) is 11.0. The summed E-state index contributed by atoms with van der Waals surface area (Å²) in [6.45, 7) is 2.30. The van der Waals surface area contributed by atoms with E-state index in [1.807, 2.05) is 6.92 Å². The van der Waals surface area contributed by atoms with E-state index >= 15 is 0 Å². The summed E-state index contributed by atoms with van der Waals surface area (Å²) in [4.78, 5) is 31.3. The number of aromatic nitrogens is 4. The smallest absolute Gasteiger partial charge is 0.291 e. The first-order valence-electron chi connectivity index (χ1n) is 6.39. The van der Waals surface area contributed by atoms with Gasteiger partial charge in [-0.3, -0.25) is 9.59 Å². The monoisotopic (exact) mass is 274 g/mol. The van der Waals surface area contributed by atoms with Crippen LogP contribution in [0, 0.1) is 6.92 Å². The molecule has 2 N–H and O–H groups in total. The fraction of sp³-hybridized carbons (Fsp3) is 0.417. The molecule has 1 unspecified atom stereocenters. The molecular formula is C12H14N6O2. The van der Waals surface area contributed by atoms with Gasteiger partial charge in [-0.25, -0.2) is 9.50 Å². The second-order valence-electron chi connectivity index (χ2n) is 4.75. The van der Waals surface area contributed by atoms with Crippen molar-refractivity contribution < 1.29 is 9.59 Å². The topological polar surface area (TPSA) is 101 Å². The van der Waals surface area contributed by atoms with Gasteiger partial charge < -0.3 is 10.6 Å². The highest BCUT2D eigenvalue weighted by molar-refractivity contribution is 5.91. The van der Waals surface area contributed by atoms with Crippen molar-refractivity contribution in [2.75, 3.05) is 6.54 Å². The van der Waals surface area contributed by atoms with Crippen LogP contribution in [0.5, 0.6) is 0 Å². The van der Waals surface area contributed by atoms with Crippen molar-refractivity contribution in [3.05, 3.63) is 23.8 Å². The van der Waals surface area contributed by atoms with Crippen molar-refractivity contribution in [2.24, 2.45) is 0 Å². The number of hydrogen-bond acceptors (Lipinski definition) is 5. The lowest BCUT2D eigenvalue weighted by Crippen LogP contribution is -2.47. The molecular weight excluding hydrogens is 260 g/mol. The minimum atomic E-state index is -0.351. The number of fused-ring (bicyclic) bond motifs is 1. The molecule has 0 spiro atoms. The van der Waals surface area contributed by atoms with E-state index in [-0.39, 0.29) is 23.7 Å². The van der Waals surface area contributed by atoms with E-state index in [0.717, 1.165) is 5.69 Å². The Morgan fingerprint density at radius 1 is 1.55 bits per heavy atom. The van der Waals surface area contributed by atoms with E-state index in [0.29, 0.717) is 25.2 Å². The number of piperidine rings is 1.